The third-order valence-electron chi connectivity index (χ3n) is 6.28. The van der Waals surface area contributed by atoms with Gasteiger partial charge < -0.3 is 25.2 Å². The Hall–Kier alpha value is -4.54. The zero-order valence-electron chi connectivity index (χ0n) is 19.5. The first-order valence-electron chi connectivity index (χ1n) is 11.4. The molecule has 5 rings (SSSR count). The Balaban J connectivity index is 1.36. The van der Waals surface area contributed by atoms with E-state index in [1.165, 1.54) is 12.1 Å². The van der Waals surface area contributed by atoms with Gasteiger partial charge in [-0.15, -0.1) is 8.78 Å². The van der Waals surface area contributed by atoms with Crippen molar-refractivity contribution in [3.05, 3.63) is 71.3 Å². The Morgan fingerprint density at radius 1 is 1.03 bits per heavy atom. The molecule has 0 radical (unpaired) electrons. The summed E-state index contributed by atoms with van der Waals surface area (Å²) in [4.78, 5) is 40.8. The van der Waals surface area contributed by atoms with Gasteiger partial charge in [-0.2, -0.15) is 0 Å². The number of aliphatic carboxylic acids is 1. The first-order chi connectivity index (χ1) is 17.6. The van der Waals surface area contributed by atoms with Gasteiger partial charge in [0.2, 0.25) is 5.91 Å². The molecule has 9 nitrogen and oxygen atoms in total. The number of benzene rings is 2. The van der Waals surface area contributed by atoms with Crippen LogP contribution in [0.3, 0.4) is 0 Å². The van der Waals surface area contributed by atoms with Crippen molar-refractivity contribution in [3.8, 4) is 22.8 Å². The number of fused-ring (bicyclic) bond motifs is 1. The maximum absolute atomic E-state index is 13.4. The Kier molecular flexibility index (Phi) is 5.77. The van der Waals surface area contributed by atoms with Gasteiger partial charge in [-0.25, -0.2) is 4.98 Å². The molecule has 2 amide bonds. The lowest BCUT2D eigenvalue weighted by atomic mass is 9.94. The van der Waals surface area contributed by atoms with Crippen LogP contribution in [0.25, 0.3) is 11.3 Å². The van der Waals surface area contributed by atoms with E-state index in [4.69, 9.17) is 5.11 Å². The molecule has 0 atom stereocenters. The number of aromatic nitrogens is 1. The molecule has 2 heterocycles. The quantitative estimate of drug-likeness (QED) is 0.441. The van der Waals surface area contributed by atoms with E-state index in [1.807, 2.05) is 6.92 Å². The summed E-state index contributed by atoms with van der Waals surface area (Å²) in [5.41, 5.74) is 1.83. The molecule has 2 aliphatic rings. The van der Waals surface area contributed by atoms with E-state index >= 15 is 0 Å². The van der Waals surface area contributed by atoms with Crippen LogP contribution >= 0.6 is 0 Å². The Morgan fingerprint density at radius 2 is 1.78 bits per heavy atom. The molecule has 0 unspecified atom stereocenters. The topological polar surface area (TPSA) is 127 Å². The molecule has 0 saturated heterocycles. The van der Waals surface area contributed by atoms with Gasteiger partial charge in [0.05, 0.1) is 11.1 Å². The molecule has 1 fully saturated rings. The minimum Gasteiger partial charge on any atom is -0.480 e. The van der Waals surface area contributed by atoms with E-state index in [0.29, 0.717) is 29.7 Å². The van der Waals surface area contributed by atoms with Crippen molar-refractivity contribution in [2.75, 3.05) is 11.9 Å². The van der Waals surface area contributed by atoms with Crippen molar-refractivity contribution in [3.63, 3.8) is 0 Å². The molecular formula is C26H21F2N3O6. The third kappa shape index (κ3) is 4.80. The molecule has 1 aliphatic carbocycles. The third-order valence-corrected chi connectivity index (χ3v) is 6.28. The minimum atomic E-state index is -3.74. The highest BCUT2D eigenvalue weighted by Crippen LogP contribution is 2.52. The number of carboxylic acids is 1. The number of nitrogens with one attached hydrogen (secondary N) is 2. The number of pyridine rings is 1. The lowest BCUT2D eigenvalue weighted by Crippen LogP contribution is -2.29. The van der Waals surface area contributed by atoms with Gasteiger partial charge in [0, 0.05) is 11.1 Å². The summed E-state index contributed by atoms with van der Waals surface area (Å²) in [6.45, 7) is 1.32. The Labute approximate surface area is 209 Å². The van der Waals surface area contributed by atoms with Crippen molar-refractivity contribution >= 4 is 23.6 Å². The molecule has 11 heteroatoms. The second kappa shape index (κ2) is 8.84. The summed E-state index contributed by atoms with van der Waals surface area (Å²) < 4.78 is 35.8. The second-order valence-corrected chi connectivity index (χ2v) is 8.88. The molecule has 190 valence electrons. The molecule has 37 heavy (non-hydrogen) atoms. The number of carbonyl (C=O) groups excluding carboxylic acids is 2. The van der Waals surface area contributed by atoms with Crippen LogP contribution in [-0.2, 0) is 15.0 Å². The van der Waals surface area contributed by atoms with Crippen molar-refractivity contribution in [2.45, 2.75) is 31.5 Å². The highest BCUT2D eigenvalue weighted by molar-refractivity contribution is 6.01. The van der Waals surface area contributed by atoms with Gasteiger partial charge >= 0.3 is 12.3 Å². The fourth-order valence-electron chi connectivity index (χ4n) is 4.21. The SMILES string of the molecule is Cc1ccc(NC(=O)C2(c3ccc4c(c3)OC(F)(F)O4)CC2)nc1-c1cccc(C(=O)NCC(=O)O)c1. The van der Waals surface area contributed by atoms with Crippen molar-refractivity contribution < 1.29 is 37.7 Å². The number of ether oxygens (including phenoxy) is 2. The average molecular weight is 509 g/mol. The molecule has 0 spiro atoms. The monoisotopic (exact) mass is 509 g/mol. The fraction of sp³-hybridized carbons (Fsp3) is 0.231. The zero-order valence-corrected chi connectivity index (χ0v) is 19.5. The van der Waals surface area contributed by atoms with Crippen LogP contribution in [0.2, 0.25) is 0 Å². The van der Waals surface area contributed by atoms with Gasteiger partial charge in [-0.1, -0.05) is 24.3 Å². The van der Waals surface area contributed by atoms with E-state index in [0.717, 1.165) is 5.56 Å². The van der Waals surface area contributed by atoms with Crippen molar-refractivity contribution in [1.29, 1.82) is 0 Å². The summed E-state index contributed by atoms with van der Waals surface area (Å²) in [7, 11) is 0. The van der Waals surface area contributed by atoms with Crippen molar-refractivity contribution in [2.24, 2.45) is 0 Å². The number of anilines is 1. The van der Waals surface area contributed by atoms with E-state index in [-0.39, 0.29) is 28.8 Å². The molecule has 3 N–H and O–H groups in total. The van der Waals surface area contributed by atoms with Gasteiger partial charge in [-0.05, 0) is 61.2 Å². The number of carboxylic acid groups (broad SMARTS) is 1. The van der Waals surface area contributed by atoms with Gasteiger partial charge in [0.25, 0.3) is 5.91 Å². The molecule has 0 bridgehead atoms. The number of hydrogen-bond acceptors (Lipinski definition) is 6. The van der Waals surface area contributed by atoms with Gasteiger partial charge in [0.15, 0.2) is 11.5 Å². The van der Waals surface area contributed by atoms with Crippen molar-refractivity contribution in [1.82, 2.24) is 10.3 Å². The first kappa shape index (κ1) is 24.2. The number of aryl methyl sites for hydroxylation is 1. The van der Waals surface area contributed by atoms with Crippen LogP contribution < -0.4 is 20.1 Å². The minimum absolute atomic E-state index is 0.0892. The summed E-state index contributed by atoms with van der Waals surface area (Å²) in [6, 6.07) is 14.3. The normalized spacial score (nSPS) is 16.1. The number of halogens is 2. The first-order valence-corrected chi connectivity index (χ1v) is 11.4. The fourth-order valence-corrected chi connectivity index (χ4v) is 4.21. The zero-order chi connectivity index (χ0) is 26.4. The Bertz CT molecular complexity index is 1440. The maximum Gasteiger partial charge on any atom is 0.586 e. The predicted octanol–water partition coefficient (Wildman–Crippen LogP) is 3.86. The largest absolute Gasteiger partial charge is 0.586 e. The van der Waals surface area contributed by atoms with Crippen LogP contribution in [0.15, 0.2) is 54.6 Å². The standard InChI is InChI=1S/C26H21F2N3O6/c1-14-5-8-20(30-22(14)15-3-2-4-16(11-15)23(34)29-13-21(32)33)31-24(35)25(9-10-25)17-6-7-18-19(12-17)37-26(27,28)36-18/h2-8,11-12H,9-10,13H2,1H3,(H,29,34)(H,32,33)(H,30,31,35). The average Bonchev–Trinajstić information content (AvgIpc) is 3.60. The van der Waals surface area contributed by atoms with E-state index in [2.05, 4.69) is 25.1 Å². The van der Waals surface area contributed by atoms with E-state index in [1.54, 1.807) is 42.5 Å². The highest BCUT2D eigenvalue weighted by atomic mass is 19.3. The predicted molar refractivity (Wildman–Crippen MR) is 127 cm³/mol. The van der Waals surface area contributed by atoms with Crippen LogP contribution in [-0.4, -0.2) is 40.7 Å². The molecule has 3 aromatic rings. The molecule has 1 saturated carbocycles. The number of carbonyl (C=O) groups is 3. The van der Waals surface area contributed by atoms with E-state index < -0.39 is 30.1 Å². The van der Waals surface area contributed by atoms with Crippen LogP contribution in [0.5, 0.6) is 11.5 Å². The van der Waals surface area contributed by atoms with Crippen LogP contribution in [0, 0.1) is 6.92 Å². The molecule has 1 aliphatic heterocycles. The summed E-state index contributed by atoms with van der Waals surface area (Å²) in [5, 5.41) is 13.9. The van der Waals surface area contributed by atoms with Crippen LogP contribution in [0.1, 0.15) is 34.3 Å². The molecule has 2 aromatic carbocycles. The second-order valence-electron chi connectivity index (χ2n) is 8.88. The van der Waals surface area contributed by atoms with Gasteiger partial charge in [-0.3, -0.25) is 14.4 Å². The van der Waals surface area contributed by atoms with Crippen LogP contribution in [0.4, 0.5) is 14.6 Å². The summed E-state index contributed by atoms with van der Waals surface area (Å²) in [5.74, 6) is -1.95. The summed E-state index contributed by atoms with van der Waals surface area (Å²) in [6.07, 6.45) is -2.68. The van der Waals surface area contributed by atoms with E-state index in [9.17, 15) is 23.2 Å². The number of hydrogen-bond donors (Lipinski definition) is 3. The number of rotatable bonds is 7. The maximum atomic E-state index is 13.4. The molecular weight excluding hydrogens is 488 g/mol. The Morgan fingerprint density at radius 3 is 2.51 bits per heavy atom. The smallest absolute Gasteiger partial charge is 0.480 e. The highest BCUT2D eigenvalue weighted by Gasteiger charge is 2.53. The molecule has 1 aromatic heterocycles. The number of alkyl halides is 2. The lowest BCUT2D eigenvalue weighted by molar-refractivity contribution is -0.286. The lowest BCUT2D eigenvalue weighted by Gasteiger charge is -2.17. The number of amides is 2. The summed E-state index contributed by atoms with van der Waals surface area (Å²) >= 11 is 0. The number of nitrogens with zero attached hydrogens (tertiary/aromatic N) is 1. The van der Waals surface area contributed by atoms with Gasteiger partial charge in [0.1, 0.15) is 12.4 Å².